The number of nitriles is 1. The van der Waals surface area contributed by atoms with Crippen molar-refractivity contribution in [3.63, 3.8) is 0 Å². The standard InChI is InChI=1S/C11H12N2O2/c1-7(6-12)15-11-4-3-9(13)5-10(11)8(2)14/h3-5,7H,13H2,1-2H3. The van der Waals surface area contributed by atoms with Crippen molar-refractivity contribution < 1.29 is 9.53 Å². The maximum absolute atomic E-state index is 11.3. The zero-order valence-electron chi connectivity index (χ0n) is 8.65. The van der Waals surface area contributed by atoms with Crippen molar-refractivity contribution in [1.82, 2.24) is 0 Å². The summed E-state index contributed by atoms with van der Waals surface area (Å²) in [6, 6.07) is 6.70. The number of ketones is 1. The van der Waals surface area contributed by atoms with Gasteiger partial charge in [-0.2, -0.15) is 5.26 Å². The van der Waals surface area contributed by atoms with Crippen molar-refractivity contribution >= 4 is 11.5 Å². The lowest BCUT2D eigenvalue weighted by Gasteiger charge is -2.11. The molecule has 0 aliphatic carbocycles. The van der Waals surface area contributed by atoms with Gasteiger partial charge < -0.3 is 10.5 Å². The van der Waals surface area contributed by atoms with E-state index in [2.05, 4.69) is 0 Å². The maximum Gasteiger partial charge on any atom is 0.181 e. The molecule has 1 atom stereocenters. The molecule has 0 saturated heterocycles. The Labute approximate surface area is 88.3 Å². The van der Waals surface area contributed by atoms with E-state index in [-0.39, 0.29) is 5.78 Å². The summed E-state index contributed by atoms with van der Waals surface area (Å²) in [7, 11) is 0. The average Bonchev–Trinajstić information content (AvgIpc) is 2.20. The van der Waals surface area contributed by atoms with Crippen molar-refractivity contribution in [3.8, 4) is 11.8 Å². The number of anilines is 1. The highest BCUT2D eigenvalue weighted by molar-refractivity contribution is 5.97. The number of ether oxygens (including phenoxy) is 1. The third kappa shape index (κ3) is 2.71. The Balaban J connectivity index is 3.07. The minimum Gasteiger partial charge on any atom is -0.475 e. The summed E-state index contributed by atoms with van der Waals surface area (Å²) in [6.45, 7) is 3.04. The zero-order valence-corrected chi connectivity index (χ0v) is 8.65. The van der Waals surface area contributed by atoms with Gasteiger partial charge in [0.05, 0.1) is 5.56 Å². The molecule has 0 heterocycles. The average molecular weight is 204 g/mol. The SMILES string of the molecule is CC(=O)c1cc(N)ccc1OC(C)C#N. The molecule has 78 valence electrons. The van der Waals surface area contributed by atoms with Gasteiger partial charge >= 0.3 is 0 Å². The lowest BCUT2D eigenvalue weighted by Crippen LogP contribution is -2.11. The molecule has 15 heavy (non-hydrogen) atoms. The minimum atomic E-state index is -0.591. The third-order valence-corrected chi connectivity index (χ3v) is 1.87. The van der Waals surface area contributed by atoms with Crippen LogP contribution in [0.4, 0.5) is 5.69 Å². The third-order valence-electron chi connectivity index (χ3n) is 1.87. The summed E-state index contributed by atoms with van der Waals surface area (Å²) in [5.41, 5.74) is 6.45. The number of hydrogen-bond acceptors (Lipinski definition) is 4. The van der Waals surface area contributed by atoms with Crippen molar-refractivity contribution in [2.24, 2.45) is 0 Å². The molecule has 0 radical (unpaired) electrons. The van der Waals surface area contributed by atoms with Crippen molar-refractivity contribution in [2.75, 3.05) is 5.73 Å². The molecule has 1 aromatic rings. The van der Waals surface area contributed by atoms with Gasteiger partial charge in [-0.25, -0.2) is 0 Å². The van der Waals surface area contributed by atoms with Gasteiger partial charge in [-0.05, 0) is 32.0 Å². The van der Waals surface area contributed by atoms with Crippen molar-refractivity contribution in [2.45, 2.75) is 20.0 Å². The van der Waals surface area contributed by atoms with Gasteiger partial charge in [0.2, 0.25) is 0 Å². The predicted octanol–water partition coefficient (Wildman–Crippen LogP) is 1.76. The van der Waals surface area contributed by atoms with Gasteiger partial charge in [0, 0.05) is 5.69 Å². The number of Topliss-reactive ketones (excluding diaryl/α,β-unsaturated/α-hetero) is 1. The number of nitrogens with zero attached hydrogens (tertiary/aromatic N) is 1. The molecule has 0 aromatic heterocycles. The zero-order chi connectivity index (χ0) is 11.4. The summed E-state index contributed by atoms with van der Waals surface area (Å²) >= 11 is 0. The molecule has 2 N–H and O–H groups in total. The number of carbonyl (C=O) groups is 1. The molecule has 0 bridgehead atoms. The fourth-order valence-electron chi connectivity index (χ4n) is 1.14. The van der Waals surface area contributed by atoms with Gasteiger partial charge in [-0.1, -0.05) is 0 Å². The highest BCUT2D eigenvalue weighted by atomic mass is 16.5. The first kappa shape index (κ1) is 11.1. The van der Waals surface area contributed by atoms with E-state index in [1.54, 1.807) is 25.1 Å². The van der Waals surface area contributed by atoms with E-state index in [9.17, 15) is 4.79 Å². The van der Waals surface area contributed by atoms with E-state index >= 15 is 0 Å². The molecule has 1 aromatic carbocycles. The number of hydrogen-bond donors (Lipinski definition) is 1. The van der Waals surface area contributed by atoms with E-state index in [0.29, 0.717) is 17.0 Å². The fourth-order valence-corrected chi connectivity index (χ4v) is 1.14. The molecule has 0 aliphatic rings. The van der Waals surface area contributed by atoms with Crippen LogP contribution in [0.25, 0.3) is 0 Å². The summed E-state index contributed by atoms with van der Waals surface area (Å²) < 4.78 is 5.27. The van der Waals surface area contributed by atoms with Crippen molar-refractivity contribution in [3.05, 3.63) is 23.8 Å². The number of nitrogens with two attached hydrogens (primary N) is 1. The molecule has 4 heteroatoms. The second-order valence-corrected chi connectivity index (χ2v) is 3.20. The van der Waals surface area contributed by atoms with E-state index in [4.69, 9.17) is 15.7 Å². The molecule has 0 spiro atoms. The first-order valence-corrected chi connectivity index (χ1v) is 4.51. The van der Waals surface area contributed by atoms with Gasteiger partial charge in [0.25, 0.3) is 0 Å². The Bertz CT molecular complexity index is 421. The van der Waals surface area contributed by atoms with E-state index < -0.39 is 6.10 Å². The minimum absolute atomic E-state index is 0.137. The van der Waals surface area contributed by atoms with Crippen LogP contribution in [0.3, 0.4) is 0 Å². The molecule has 0 aliphatic heterocycles. The number of benzene rings is 1. The topological polar surface area (TPSA) is 76.1 Å². The number of rotatable bonds is 3. The molecule has 4 nitrogen and oxygen atoms in total. The van der Waals surface area contributed by atoms with E-state index in [0.717, 1.165) is 0 Å². The summed E-state index contributed by atoms with van der Waals surface area (Å²) in [4.78, 5) is 11.3. The van der Waals surface area contributed by atoms with Crippen LogP contribution in [0.1, 0.15) is 24.2 Å². The Kier molecular flexibility index (Phi) is 3.29. The largest absolute Gasteiger partial charge is 0.475 e. The van der Waals surface area contributed by atoms with E-state index in [1.165, 1.54) is 6.92 Å². The maximum atomic E-state index is 11.3. The smallest absolute Gasteiger partial charge is 0.181 e. The van der Waals surface area contributed by atoms with Crippen LogP contribution < -0.4 is 10.5 Å². The number of nitrogen functional groups attached to an aromatic ring is 1. The normalized spacial score (nSPS) is 11.5. The van der Waals surface area contributed by atoms with E-state index in [1.807, 2.05) is 6.07 Å². The van der Waals surface area contributed by atoms with Crippen LogP contribution in [-0.2, 0) is 0 Å². The van der Waals surface area contributed by atoms with Crippen LogP contribution >= 0.6 is 0 Å². The highest BCUT2D eigenvalue weighted by Crippen LogP contribution is 2.22. The van der Waals surface area contributed by atoms with Crippen LogP contribution in [0.2, 0.25) is 0 Å². The molecule has 0 amide bonds. The molecule has 1 rings (SSSR count). The van der Waals surface area contributed by atoms with Crippen LogP contribution in [0, 0.1) is 11.3 Å². The molecule has 0 fully saturated rings. The first-order chi connectivity index (χ1) is 7.04. The Hall–Kier alpha value is -2.02. The highest BCUT2D eigenvalue weighted by Gasteiger charge is 2.11. The first-order valence-electron chi connectivity index (χ1n) is 4.51. The molecular weight excluding hydrogens is 192 g/mol. The Morgan fingerprint density at radius 2 is 2.27 bits per heavy atom. The fraction of sp³-hybridized carbons (Fsp3) is 0.273. The monoisotopic (exact) mass is 204 g/mol. The van der Waals surface area contributed by atoms with Crippen LogP contribution in [-0.4, -0.2) is 11.9 Å². The molecular formula is C11H12N2O2. The van der Waals surface area contributed by atoms with Gasteiger partial charge in [-0.3, -0.25) is 4.79 Å². The number of carbonyl (C=O) groups excluding carboxylic acids is 1. The van der Waals surface area contributed by atoms with Crippen LogP contribution in [0.15, 0.2) is 18.2 Å². The van der Waals surface area contributed by atoms with Crippen LogP contribution in [0.5, 0.6) is 5.75 Å². The lowest BCUT2D eigenvalue weighted by atomic mass is 10.1. The molecule has 0 saturated carbocycles. The summed E-state index contributed by atoms with van der Waals surface area (Å²) in [5, 5.41) is 8.60. The molecule has 1 unspecified atom stereocenters. The summed E-state index contributed by atoms with van der Waals surface area (Å²) in [5.74, 6) is 0.258. The summed E-state index contributed by atoms with van der Waals surface area (Å²) in [6.07, 6.45) is -0.591. The predicted molar refractivity (Wildman–Crippen MR) is 56.6 cm³/mol. The second kappa shape index (κ2) is 4.47. The quantitative estimate of drug-likeness (QED) is 0.601. The van der Waals surface area contributed by atoms with Gasteiger partial charge in [0.15, 0.2) is 11.9 Å². The van der Waals surface area contributed by atoms with Crippen molar-refractivity contribution in [1.29, 1.82) is 5.26 Å². The lowest BCUT2D eigenvalue weighted by molar-refractivity contribution is 0.101. The second-order valence-electron chi connectivity index (χ2n) is 3.20. The Morgan fingerprint density at radius 1 is 1.60 bits per heavy atom. The van der Waals surface area contributed by atoms with Gasteiger partial charge in [-0.15, -0.1) is 0 Å². The van der Waals surface area contributed by atoms with Gasteiger partial charge in [0.1, 0.15) is 11.8 Å². The Morgan fingerprint density at radius 3 is 2.80 bits per heavy atom.